The van der Waals surface area contributed by atoms with E-state index in [1.165, 1.54) is 0 Å². The van der Waals surface area contributed by atoms with E-state index >= 15 is 0 Å². The Hall–Kier alpha value is -1.59. The van der Waals surface area contributed by atoms with E-state index in [-0.39, 0.29) is 5.82 Å². The molecule has 0 amide bonds. The van der Waals surface area contributed by atoms with Crippen molar-refractivity contribution in [3.8, 4) is 0 Å². The summed E-state index contributed by atoms with van der Waals surface area (Å²) in [5.74, 6) is -1.29. The summed E-state index contributed by atoms with van der Waals surface area (Å²) in [7, 11) is 0. The minimum atomic E-state index is -4.58. The molecule has 0 aliphatic heterocycles. The molecule has 1 aromatic rings. The molecule has 3 nitrogen and oxygen atoms in total. The van der Waals surface area contributed by atoms with E-state index in [0.29, 0.717) is 12.0 Å². The summed E-state index contributed by atoms with van der Waals surface area (Å²) in [6, 6.07) is 0. The van der Waals surface area contributed by atoms with Gasteiger partial charge >= 0.3 is 12.1 Å². The van der Waals surface area contributed by atoms with E-state index in [0.717, 1.165) is 5.57 Å². The second-order valence-corrected chi connectivity index (χ2v) is 3.30. The van der Waals surface area contributed by atoms with Gasteiger partial charge in [0.25, 0.3) is 0 Å². The smallest absolute Gasteiger partial charge is 0.329 e. The number of rotatable bonds is 1. The number of halogens is 3. The van der Waals surface area contributed by atoms with Gasteiger partial charge in [-0.1, -0.05) is 22.9 Å². The molecule has 0 saturated heterocycles. The zero-order valence-corrected chi connectivity index (χ0v) is 7.80. The van der Waals surface area contributed by atoms with Crippen LogP contribution in [0.15, 0.2) is 22.2 Å². The van der Waals surface area contributed by atoms with Gasteiger partial charge in [0.2, 0.25) is 0 Å². The molecule has 1 aliphatic rings. The van der Waals surface area contributed by atoms with Gasteiger partial charge in [0.05, 0.1) is 0 Å². The lowest BCUT2D eigenvalue weighted by Gasteiger charge is -1.96. The highest BCUT2D eigenvalue weighted by Gasteiger charge is 2.38. The summed E-state index contributed by atoms with van der Waals surface area (Å²) in [4.78, 5) is 3.29. The lowest BCUT2D eigenvalue weighted by molar-refractivity contribution is -0.159. The Kier molecular flexibility index (Phi) is 2.13. The number of nitrogens with zero attached hydrogens (tertiary/aromatic N) is 2. The van der Waals surface area contributed by atoms with Gasteiger partial charge in [0.15, 0.2) is 5.82 Å². The van der Waals surface area contributed by atoms with Crippen molar-refractivity contribution in [1.29, 1.82) is 0 Å². The highest BCUT2D eigenvalue weighted by atomic mass is 19.4. The van der Waals surface area contributed by atoms with Crippen molar-refractivity contribution in [2.75, 3.05) is 0 Å². The zero-order valence-electron chi connectivity index (χ0n) is 7.80. The van der Waals surface area contributed by atoms with Crippen LogP contribution >= 0.6 is 0 Å². The van der Waals surface area contributed by atoms with Crippen LogP contribution in [0.5, 0.6) is 0 Å². The predicted molar refractivity (Wildman–Crippen MR) is 45.7 cm³/mol. The first kappa shape index (κ1) is 9.95. The van der Waals surface area contributed by atoms with Gasteiger partial charge < -0.3 is 4.52 Å². The molecule has 0 spiro atoms. The van der Waals surface area contributed by atoms with Gasteiger partial charge in [-0.2, -0.15) is 18.2 Å². The topological polar surface area (TPSA) is 38.9 Å². The summed E-state index contributed by atoms with van der Waals surface area (Å²) < 4.78 is 40.5. The van der Waals surface area contributed by atoms with Crippen molar-refractivity contribution < 1.29 is 17.7 Å². The first-order chi connectivity index (χ1) is 6.97. The van der Waals surface area contributed by atoms with Crippen LogP contribution < -0.4 is 0 Å². The molecule has 0 radical (unpaired) electrons. The number of allylic oxidation sites excluding steroid dienone is 4. The van der Waals surface area contributed by atoms with Crippen LogP contribution in [0.2, 0.25) is 0 Å². The van der Waals surface area contributed by atoms with Crippen LogP contribution in [0.25, 0.3) is 5.57 Å². The standard InChI is InChI=1S/C9H7F3N2O/c1-5-2-3-6(4-5)7-13-8(15-14-7)9(10,11)12/h2-3H,4H2,1H3. The Balaban J connectivity index is 2.23. The number of hydrogen-bond donors (Lipinski definition) is 0. The first-order valence-electron chi connectivity index (χ1n) is 4.24. The third-order valence-electron chi connectivity index (χ3n) is 1.99. The quantitative estimate of drug-likeness (QED) is 0.724. The second kappa shape index (κ2) is 3.22. The van der Waals surface area contributed by atoms with Crippen LogP contribution in [0, 0.1) is 0 Å². The lowest BCUT2D eigenvalue weighted by atomic mass is 10.2. The van der Waals surface area contributed by atoms with Gasteiger partial charge in [0.1, 0.15) is 0 Å². The van der Waals surface area contributed by atoms with Gasteiger partial charge in [-0.25, -0.2) is 0 Å². The fraction of sp³-hybridized carbons (Fsp3) is 0.333. The average molecular weight is 216 g/mol. The van der Waals surface area contributed by atoms with Crippen LogP contribution in [0.3, 0.4) is 0 Å². The Labute approximate surface area is 83.3 Å². The second-order valence-electron chi connectivity index (χ2n) is 3.30. The molecule has 0 N–H and O–H groups in total. The van der Waals surface area contributed by atoms with Gasteiger partial charge in [-0.05, 0) is 13.3 Å². The average Bonchev–Trinajstić information content (AvgIpc) is 2.69. The molecule has 80 valence electrons. The zero-order chi connectivity index (χ0) is 11.1. The molecule has 0 aromatic carbocycles. The molecule has 0 unspecified atom stereocenters. The maximum absolute atomic E-state index is 12.1. The molecule has 1 aromatic heterocycles. The van der Waals surface area contributed by atoms with Crippen molar-refractivity contribution in [3.63, 3.8) is 0 Å². The number of hydrogen-bond acceptors (Lipinski definition) is 3. The molecule has 0 bridgehead atoms. The molecule has 6 heteroatoms. The number of aromatic nitrogens is 2. The van der Waals surface area contributed by atoms with Crippen molar-refractivity contribution in [3.05, 3.63) is 29.4 Å². The normalized spacial score (nSPS) is 16.5. The minimum absolute atomic E-state index is 0.00965. The molecule has 1 aliphatic carbocycles. The number of alkyl halides is 3. The molecule has 0 atom stereocenters. The van der Waals surface area contributed by atoms with E-state index in [2.05, 4.69) is 14.7 Å². The SMILES string of the molecule is CC1=CC=C(c2noc(C(F)(F)F)n2)C1. The largest absolute Gasteiger partial charge is 0.471 e. The maximum atomic E-state index is 12.1. The highest BCUT2D eigenvalue weighted by molar-refractivity contribution is 5.67. The van der Waals surface area contributed by atoms with E-state index < -0.39 is 12.1 Å². The van der Waals surface area contributed by atoms with Crippen molar-refractivity contribution in [1.82, 2.24) is 10.1 Å². The Bertz CT molecular complexity index is 442. The van der Waals surface area contributed by atoms with E-state index in [1.807, 2.05) is 13.0 Å². The van der Waals surface area contributed by atoms with Crippen LogP contribution in [-0.2, 0) is 6.18 Å². The van der Waals surface area contributed by atoms with Gasteiger partial charge in [-0.15, -0.1) is 0 Å². The molecule has 1 heterocycles. The summed E-state index contributed by atoms with van der Waals surface area (Å²) in [6.07, 6.45) is -0.497. The van der Waals surface area contributed by atoms with Crippen LogP contribution in [-0.4, -0.2) is 10.1 Å². The Morgan fingerprint density at radius 2 is 2.07 bits per heavy atom. The molecule has 15 heavy (non-hydrogen) atoms. The highest BCUT2D eigenvalue weighted by Crippen LogP contribution is 2.31. The Morgan fingerprint density at radius 1 is 1.33 bits per heavy atom. The molecule has 0 saturated carbocycles. The molecule has 0 fully saturated rings. The van der Waals surface area contributed by atoms with Crippen molar-refractivity contribution in [2.24, 2.45) is 0 Å². The van der Waals surface area contributed by atoms with Crippen molar-refractivity contribution in [2.45, 2.75) is 19.5 Å². The van der Waals surface area contributed by atoms with Crippen molar-refractivity contribution >= 4 is 5.57 Å². The summed E-state index contributed by atoms with van der Waals surface area (Å²) in [5, 5.41) is 3.29. The summed E-state index contributed by atoms with van der Waals surface area (Å²) in [5.41, 5.74) is 1.70. The maximum Gasteiger partial charge on any atom is 0.471 e. The van der Waals surface area contributed by atoms with Crippen LogP contribution in [0.1, 0.15) is 25.1 Å². The third-order valence-corrected chi connectivity index (χ3v) is 1.99. The molecular formula is C9H7F3N2O. The predicted octanol–water partition coefficient (Wildman–Crippen LogP) is 2.82. The minimum Gasteiger partial charge on any atom is -0.329 e. The molecule has 2 rings (SSSR count). The lowest BCUT2D eigenvalue weighted by Crippen LogP contribution is -2.05. The fourth-order valence-corrected chi connectivity index (χ4v) is 1.28. The van der Waals surface area contributed by atoms with E-state index in [9.17, 15) is 13.2 Å². The monoisotopic (exact) mass is 216 g/mol. The first-order valence-corrected chi connectivity index (χ1v) is 4.24. The summed E-state index contributed by atoms with van der Waals surface area (Å²) in [6.45, 7) is 1.88. The summed E-state index contributed by atoms with van der Waals surface area (Å²) >= 11 is 0. The third kappa shape index (κ3) is 1.93. The van der Waals surface area contributed by atoms with Crippen LogP contribution in [0.4, 0.5) is 13.2 Å². The fourth-order valence-electron chi connectivity index (χ4n) is 1.28. The van der Waals surface area contributed by atoms with Gasteiger partial charge in [0, 0.05) is 5.57 Å². The van der Waals surface area contributed by atoms with E-state index in [4.69, 9.17) is 0 Å². The van der Waals surface area contributed by atoms with Gasteiger partial charge in [-0.3, -0.25) is 0 Å². The molecular weight excluding hydrogens is 209 g/mol. The Morgan fingerprint density at radius 3 is 2.53 bits per heavy atom. The van der Waals surface area contributed by atoms with E-state index in [1.54, 1.807) is 6.08 Å².